The van der Waals surface area contributed by atoms with Crippen LogP contribution in [0.5, 0.6) is 0 Å². The van der Waals surface area contributed by atoms with E-state index in [4.69, 9.17) is 17.3 Å². The molecule has 0 bridgehead atoms. The Kier molecular flexibility index (Phi) is 3.34. The molecule has 0 saturated heterocycles. The van der Waals surface area contributed by atoms with E-state index in [1.54, 1.807) is 36.4 Å². The summed E-state index contributed by atoms with van der Waals surface area (Å²) in [5.41, 5.74) is 7.10. The summed E-state index contributed by atoms with van der Waals surface area (Å²) in [6.45, 7) is 0. The van der Waals surface area contributed by atoms with Crippen LogP contribution in [0.4, 0.5) is 22.7 Å². The normalized spacial score (nSPS) is 10.1. The monoisotopic (exact) mass is 263 g/mol. The molecule has 0 aliphatic heterocycles. The highest BCUT2D eigenvalue weighted by Crippen LogP contribution is 2.34. The summed E-state index contributed by atoms with van der Waals surface area (Å²) in [6, 6.07) is 11.6. The highest BCUT2D eigenvalue weighted by atomic mass is 35.5. The van der Waals surface area contributed by atoms with Crippen LogP contribution in [0.15, 0.2) is 42.5 Å². The van der Waals surface area contributed by atoms with Crippen LogP contribution >= 0.6 is 11.6 Å². The Morgan fingerprint density at radius 1 is 1.17 bits per heavy atom. The summed E-state index contributed by atoms with van der Waals surface area (Å²) >= 11 is 5.81. The Morgan fingerprint density at radius 2 is 1.83 bits per heavy atom. The fraction of sp³-hybridized carbons (Fsp3) is 0. The Morgan fingerprint density at radius 3 is 2.44 bits per heavy atom. The lowest BCUT2D eigenvalue weighted by molar-refractivity contribution is -0.383. The number of nitrogen functional groups attached to an aromatic ring is 1. The van der Waals surface area contributed by atoms with Crippen LogP contribution in [-0.4, -0.2) is 4.92 Å². The van der Waals surface area contributed by atoms with E-state index in [0.717, 1.165) is 0 Å². The van der Waals surface area contributed by atoms with Gasteiger partial charge < -0.3 is 11.1 Å². The summed E-state index contributed by atoms with van der Waals surface area (Å²) in [5.74, 6) is 0. The van der Waals surface area contributed by atoms with Crippen molar-refractivity contribution in [2.45, 2.75) is 0 Å². The zero-order valence-corrected chi connectivity index (χ0v) is 10.0. The van der Waals surface area contributed by atoms with E-state index in [0.29, 0.717) is 17.1 Å². The SMILES string of the molecule is Nc1ccc(Nc2cccc(Cl)c2[N+](=O)[O-])cc1. The van der Waals surface area contributed by atoms with Gasteiger partial charge in [0.05, 0.1) is 4.92 Å². The summed E-state index contributed by atoms with van der Waals surface area (Å²) in [5, 5.41) is 14.0. The number of halogens is 1. The Bertz CT molecular complexity index is 584. The third-order valence-electron chi connectivity index (χ3n) is 2.36. The van der Waals surface area contributed by atoms with Gasteiger partial charge in [-0.25, -0.2) is 0 Å². The second-order valence-corrected chi connectivity index (χ2v) is 4.05. The molecule has 0 unspecified atom stereocenters. The Labute approximate surface area is 108 Å². The third-order valence-corrected chi connectivity index (χ3v) is 2.66. The fourth-order valence-corrected chi connectivity index (χ4v) is 1.77. The molecule has 0 spiro atoms. The van der Waals surface area contributed by atoms with Crippen molar-refractivity contribution in [3.8, 4) is 0 Å². The maximum Gasteiger partial charge on any atom is 0.311 e. The van der Waals surface area contributed by atoms with Crippen molar-refractivity contribution in [1.82, 2.24) is 0 Å². The maximum atomic E-state index is 10.9. The van der Waals surface area contributed by atoms with E-state index in [-0.39, 0.29) is 10.7 Å². The fourth-order valence-electron chi connectivity index (χ4n) is 1.52. The maximum absolute atomic E-state index is 10.9. The average molecular weight is 264 g/mol. The van der Waals surface area contributed by atoms with Gasteiger partial charge in [-0.15, -0.1) is 0 Å². The van der Waals surface area contributed by atoms with E-state index in [1.165, 1.54) is 6.07 Å². The van der Waals surface area contributed by atoms with E-state index in [1.807, 2.05) is 0 Å². The lowest BCUT2D eigenvalue weighted by atomic mass is 10.2. The van der Waals surface area contributed by atoms with Crippen molar-refractivity contribution in [3.63, 3.8) is 0 Å². The van der Waals surface area contributed by atoms with Crippen molar-refractivity contribution in [2.75, 3.05) is 11.1 Å². The third kappa shape index (κ3) is 2.52. The van der Waals surface area contributed by atoms with Gasteiger partial charge in [0.15, 0.2) is 0 Å². The van der Waals surface area contributed by atoms with Crippen LogP contribution in [0.25, 0.3) is 0 Å². The number of nitrogens with one attached hydrogen (secondary N) is 1. The number of hydrogen-bond acceptors (Lipinski definition) is 4. The number of para-hydroxylation sites is 1. The van der Waals surface area contributed by atoms with Crippen molar-refractivity contribution in [2.24, 2.45) is 0 Å². The summed E-state index contributed by atoms with van der Waals surface area (Å²) in [6.07, 6.45) is 0. The van der Waals surface area contributed by atoms with Gasteiger partial charge in [-0.1, -0.05) is 17.7 Å². The number of hydrogen-bond donors (Lipinski definition) is 2. The number of anilines is 3. The zero-order chi connectivity index (χ0) is 13.1. The zero-order valence-electron chi connectivity index (χ0n) is 9.26. The molecular formula is C12H10ClN3O2. The summed E-state index contributed by atoms with van der Waals surface area (Å²) in [7, 11) is 0. The van der Waals surface area contributed by atoms with Crippen molar-refractivity contribution >= 4 is 34.4 Å². The molecular weight excluding hydrogens is 254 g/mol. The minimum atomic E-state index is -0.512. The summed E-state index contributed by atoms with van der Waals surface area (Å²) < 4.78 is 0. The number of benzene rings is 2. The predicted octanol–water partition coefficient (Wildman–Crippen LogP) is 3.57. The van der Waals surface area contributed by atoms with Crippen molar-refractivity contribution < 1.29 is 4.92 Å². The van der Waals surface area contributed by atoms with E-state index < -0.39 is 4.92 Å². The van der Waals surface area contributed by atoms with Crippen LogP contribution < -0.4 is 11.1 Å². The molecule has 0 aliphatic rings. The van der Waals surface area contributed by atoms with Gasteiger partial charge in [0.2, 0.25) is 0 Å². The van der Waals surface area contributed by atoms with Crippen LogP contribution in [0.1, 0.15) is 0 Å². The lowest BCUT2D eigenvalue weighted by Crippen LogP contribution is -1.97. The van der Waals surface area contributed by atoms with Gasteiger partial charge in [0.1, 0.15) is 10.7 Å². The summed E-state index contributed by atoms with van der Waals surface area (Å²) in [4.78, 5) is 10.4. The molecule has 2 aromatic rings. The minimum Gasteiger partial charge on any atom is -0.399 e. The smallest absolute Gasteiger partial charge is 0.311 e. The largest absolute Gasteiger partial charge is 0.399 e. The highest BCUT2D eigenvalue weighted by molar-refractivity contribution is 6.33. The number of nitro groups is 1. The number of nitrogens with zero attached hydrogens (tertiary/aromatic N) is 1. The molecule has 0 aliphatic carbocycles. The first kappa shape index (κ1) is 12.2. The quantitative estimate of drug-likeness (QED) is 0.504. The Balaban J connectivity index is 2.37. The first-order valence-electron chi connectivity index (χ1n) is 5.13. The van der Waals surface area contributed by atoms with Crippen molar-refractivity contribution in [1.29, 1.82) is 0 Å². The molecule has 0 amide bonds. The van der Waals surface area contributed by atoms with Crippen LogP contribution in [0, 0.1) is 10.1 Å². The molecule has 0 fully saturated rings. The van der Waals surface area contributed by atoms with Crippen LogP contribution in [-0.2, 0) is 0 Å². The molecule has 6 heteroatoms. The van der Waals surface area contributed by atoms with Crippen LogP contribution in [0.2, 0.25) is 5.02 Å². The highest BCUT2D eigenvalue weighted by Gasteiger charge is 2.18. The van der Waals surface area contributed by atoms with E-state index in [2.05, 4.69) is 5.32 Å². The molecule has 2 aromatic carbocycles. The van der Waals surface area contributed by atoms with Gasteiger partial charge in [-0.3, -0.25) is 10.1 Å². The average Bonchev–Trinajstić information content (AvgIpc) is 2.32. The molecule has 0 heterocycles. The van der Waals surface area contributed by atoms with Gasteiger partial charge in [-0.05, 0) is 36.4 Å². The van der Waals surface area contributed by atoms with E-state index in [9.17, 15) is 10.1 Å². The second-order valence-electron chi connectivity index (χ2n) is 3.64. The molecule has 2 rings (SSSR count). The second kappa shape index (κ2) is 4.93. The number of rotatable bonds is 3. The standard InChI is InChI=1S/C12H10ClN3O2/c13-10-2-1-3-11(12(10)16(17)18)15-9-6-4-8(14)5-7-9/h1-7,15H,14H2. The molecule has 5 nitrogen and oxygen atoms in total. The molecule has 0 radical (unpaired) electrons. The van der Waals surface area contributed by atoms with Gasteiger partial charge in [0.25, 0.3) is 0 Å². The minimum absolute atomic E-state index is 0.0976. The lowest BCUT2D eigenvalue weighted by Gasteiger charge is -2.08. The number of nitrogens with two attached hydrogens (primary N) is 1. The van der Waals surface area contributed by atoms with Gasteiger partial charge >= 0.3 is 5.69 Å². The van der Waals surface area contributed by atoms with Gasteiger partial charge in [0, 0.05) is 11.4 Å². The molecule has 92 valence electrons. The molecule has 3 N–H and O–H groups in total. The van der Waals surface area contributed by atoms with Crippen LogP contribution in [0.3, 0.4) is 0 Å². The molecule has 18 heavy (non-hydrogen) atoms. The van der Waals surface area contributed by atoms with Gasteiger partial charge in [-0.2, -0.15) is 0 Å². The van der Waals surface area contributed by atoms with Crippen molar-refractivity contribution in [3.05, 3.63) is 57.6 Å². The predicted molar refractivity (Wildman–Crippen MR) is 72.2 cm³/mol. The molecule has 0 saturated carbocycles. The van der Waals surface area contributed by atoms with E-state index >= 15 is 0 Å². The first-order chi connectivity index (χ1) is 8.58. The number of nitro benzene ring substituents is 1. The topological polar surface area (TPSA) is 81.2 Å². The first-order valence-corrected chi connectivity index (χ1v) is 5.51. The Hall–Kier alpha value is -2.27. The molecule has 0 atom stereocenters. The molecule has 0 aromatic heterocycles.